The number of carbonyl (C=O) groups excluding carboxylic acids is 3. The number of carboxylic acid groups (broad SMARTS) is 1. The van der Waals surface area contributed by atoms with E-state index in [1.807, 2.05) is 26.8 Å². The predicted molar refractivity (Wildman–Crippen MR) is 122 cm³/mol. The van der Waals surface area contributed by atoms with Crippen LogP contribution in [0.15, 0.2) is 30.3 Å². The van der Waals surface area contributed by atoms with Gasteiger partial charge in [0.15, 0.2) is 0 Å². The van der Waals surface area contributed by atoms with Gasteiger partial charge in [0.1, 0.15) is 12.1 Å². The van der Waals surface area contributed by atoms with Crippen LogP contribution in [0.2, 0.25) is 0 Å². The van der Waals surface area contributed by atoms with Crippen molar-refractivity contribution in [2.24, 2.45) is 17.6 Å². The summed E-state index contributed by atoms with van der Waals surface area (Å²) in [6.45, 7) is 7.21. The van der Waals surface area contributed by atoms with Crippen LogP contribution in [-0.2, 0) is 25.6 Å². The normalized spacial score (nSPS) is 14.7. The SMILES string of the molecule is CCC(C)C(NC(=O)CNC(=O)C(N)CC(C)C)C(=O)NC(Cc1ccccc1)C(=O)O. The molecule has 178 valence electrons. The molecule has 9 heteroatoms. The molecule has 0 aliphatic carbocycles. The number of hydrogen-bond donors (Lipinski definition) is 5. The van der Waals surface area contributed by atoms with Gasteiger partial charge in [0, 0.05) is 6.42 Å². The largest absolute Gasteiger partial charge is 0.480 e. The van der Waals surface area contributed by atoms with Gasteiger partial charge < -0.3 is 26.8 Å². The summed E-state index contributed by atoms with van der Waals surface area (Å²) in [6.07, 6.45) is 1.19. The predicted octanol–water partition coefficient (Wildman–Crippen LogP) is 0.819. The third kappa shape index (κ3) is 9.47. The molecule has 1 aromatic carbocycles. The fourth-order valence-electron chi connectivity index (χ4n) is 3.15. The standard InChI is InChI=1S/C23H36N4O5/c1-5-15(4)20(27-19(28)13-25-21(29)17(24)11-14(2)3)22(30)26-18(23(31)32)12-16-9-7-6-8-10-16/h6-10,14-15,17-18,20H,5,11-13,24H2,1-4H3,(H,25,29)(H,26,30)(H,27,28)(H,31,32). The van der Waals surface area contributed by atoms with Gasteiger partial charge in [-0.2, -0.15) is 0 Å². The van der Waals surface area contributed by atoms with E-state index in [9.17, 15) is 24.3 Å². The molecular formula is C23H36N4O5. The highest BCUT2D eigenvalue weighted by Gasteiger charge is 2.30. The zero-order valence-electron chi connectivity index (χ0n) is 19.3. The molecule has 9 nitrogen and oxygen atoms in total. The average molecular weight is 449 g/mol. The highest BCUT2D eigenvalue weighted by Crippen LogP contribution is 2.10. The Morgan fingerprint density at radius 2 is 1.62 bits per heavy atom. The Bertz CT molecular complexity index is 769. The van der Waals surface area contributed by atoms with E-state index in [-0.39, 0.29) is 24.8 Å². The van der Waals surface area contributed by atoms with Crippen molar-refractivity contribution >= 4 is 23.7 Å². The molecule has 0 bridgehead atoms. The summed E-state index contributed by atoms with van der Waals surface area (Å²) in [5.74, 6) is -2.75. The highest BCUT2D eigenvalue weighted by molar-refractivity contribution is 5.92. The first kappa shape index (κ1) is 27.1. The van der Waals surface area contributed by atoms with Gasteiger partial charge >= 0.3 is 5.97 Å². The first-order chi connectivity index (χ1) is 15.0. The lowest BCUT2D eigenvalue weighted by Gasteiger charge is -2.25. The van der Waals surface area contributed by atoms with Crippen LogP contribution in [0, 0.1) is 11.8 Å². The Labute approximate surface area is 189 Å². The monoisotopic (exact) mass is 448 g/mol. The molecule has 32 heavy (non-hydrogen) atoms. The lowest BCUT2D eigenvalue weighted by Crippen LogP contribution is -2.56. The van der Waals surface area contributed by atoms with Crippen molar-refractivity contribution in [3.05, 3.63) is 35.9 Å². The van der Waals surface area contributed by atoms with Crippen LogP contribution in [0.5, 0.6) is 0 Å². The minimum Gasteiger partial charge on any atom is -0.480 e. The van der Waals surface area contributed by atoms with E-state index < -0.39 is 41.8 Å². The molecular weight excluding hydrogens is 412 g/mol. The summed E-state index contributed by atoms with van der Waals surface area (Å²) < 4.78 is 0. The number of hydrogen-bond acceptors (Lipinski definition) is 5. The molecule has 3 amide bonds. The Hall–Kier alpha value is -2.94. The molecule has 0 aliphatic rings. The molecule has 0 saturated heterocycles. The van der Waals surface area contributed by atoms with Crippen molar-refractivity contribution in [3.63, 3.8) is 0 Å². The average Bonchev–Trinajstić information content (AvgIpc) is 2.74. The van der Waals surface area contributed by atoms with Crippen LogP contribution in [0.4, 0.5) is 0 Å². The molecule has 0 aromatic heterocycles. The summed E-state index contributed by atoms with van der Waals surface area (Å²) >= 11 is 0. The maximum Gasteiger partial charge on any atom is 0.326 e. The maximum absolute atomic E-state index is 12.9. The van der Waals surface area contributed by atoms with Gasteiger partial charge in [-0.05, 0) is 23.8 Å². The molecule has 0 radical (unpaired) electrons. The Morgan fingerprint density at radius 3 is 2.16 bits per heavy atom. The van der Waals surface area contributed by atoms with Crippen LogP contribution in [0.3, 0.4) is 0 Å². The number of carboxylic acids is 1. The molecule has 0 aliphatic heterocycles. The fourth-order valence-corrected chi connectivity index (χ4v) is 3.15. The van der Waals surface area contributed by atoms with Gasteiger partial charge in [0.2, 0.25) is 17.7 Å². The number of nitrogens with one attached hydrogen (secondary N) is 3. The van der Waals surface area contributed by atoms with Crippen molar-refractivity contribution in [2.45, 2.75) is 65.1 Å². The second-order valence-electron chi connectivity index (χ2n) is 8.47. The minimum atomic E-state index is -1.16. The molecule has 0 saturated carbocycles. The van der Waals surface area contributed by atoms with Gasteiger partial charge in [-0.25, -0.2) is 4.79 Å². The highest BCUT2D eigenvalue weighted by atomic mass is 16.4. The van der Waals surface area contributed by atoms with E-state index in [0.29, 0.717) is 12.8 Å². The van der Waals surface area contributed by atoms with Crippen molar-refractivity contribution in [2.75, 3.05) is 6.54 Å². The smallest absolute Gasteiger partial charge is 0.326 e. The summed E-state index contributed by atoms with van der Waals surface area (Å²) in [7, 11) is 0. The first-order valence-electron chi connectivity index (χ1n) is 10.9. The van der Waals surface area contributed by atoms with E-state index in [0.717, 1.165) is 5.56 Å². The first-order valence-corrected chi connectivity index (χ1v) is 10.9. The Kier molecular flexibility index (Phi) is 11.4. The summed E-state index contributed by atoms with van der Waals surface area (Å²) in [5.41, 5.74) is 6.57. The number of aliphatic carboxylic acids is 1. The molecule has 0 fully saturated rings. The molecule has 4 unspecified atom stereocenters. The molecule has 1 aromatic rings. The molecule has 6 N–H and O–H groups in total. The minimum absolute atomic E-state index is 0.118. The van der Waals surface area contributed by atoms with Crippen LogP contribution < -0.4 is 21.7 Å². The molecule has 1 rings (SSSR count). The van der Waals surface area contributed by atoms with Crippen molar-refractivity contribution < 1.29 is 24.3 Å². The molecule has 0 heterocycles. The lowest BCUT2D eigenvalue weighted by atomic mass is 9.97. The van der Waals surface area contributed by atoms with E-state index in [1.165, 1.54) is 0 Å². The van der Waals surface area contributed by atoms with E-state index in [2.05, 4.69) is 16.0 Å². The Morgan fingerprint density at radius 1 is 1.00 bits per heavy atom. The zero-order valence-corrected chi connectivity index (χ0v) is 19.3. The molecule has 0 spiro atoms. The number of benzene rings is 1. The van der Waals surface area contributed by atoms with E-state index >= 15 is 0 Å². The number of carbonyl (C=O) groups is 4. The third-order valence-corrected chi connectivity index (χ3v) is 5.19. The van der Waals surface area contributed by atoms with E-state index in [4.69, 9.17) is 5.73 Å². The summed E-state index contributed by atoms with van der Waals surface area (Å²) in [4.78, 5) is 48.9. The topological polar surface area (TPSA) is 151 Å². The van der Waals surface area contributed by atoms with Crippen LogP contribution in [0.25, 0.3) is 0 Å². The van der Waals surface area contributed by atoms with Crippen molar-refractivity contribution in [1.29, 1.82) is 0 Å². The van der Waals surface area contributed by atoms with Gasteiger partial charge in [-0.1, -0.05) is 64.4 Å². The van der Waals surface area contributed by atoms with Crippen molar-refractivity contribution in [1.82, 2.24) is 16.0 Å². The zero-order chi connectivity index (χ0) is 24.3. The third-order valence-electron chi connectivity index (χ3n) is 5.19. The maximum atomic E-state index is 12.9. The molecule has 4 atom stereocenters. The van der Waals surface area contributed by atoms with Gasteiger partial charge in [0.05, 0.1) is 12.6 Å². The van der Waals surface area contributed by atoms with Gasteiger partial charge in [-0.3, -0.25) is 14.4 Å². The summed E-state index contributed by atoms with van der Waals surface area (Å²) in [6, 6.07) is 6.17. The Balaban J connectivity index is 2.75. The number of amides is 3. The van der Waals surface area contributed by atoms with Crippen LogP contribution >= 0.6 is 0 Å². The lowest BCUT2D eigenvalue weighted by molar-refractivity contribution is -0.142. The van der Waals surface area contributed by atoms with Crippen molar-refractivity contribution in [3.8, 4) is 0 Å². The van der Waals surface area contributed by atoms with Gasteiger partial charge in [-0.15, -0.1) is 0 Å². The quantitative estimate of drug-likeness (QED) is 0.301. The second kappa shape index (κ2) is 13.5. The van der Waals surface area contributed by atoms with E-state index in [1.54, 1.807) is 31.2 Å². The second-order valence-corrected chi connectivity index (χ2v) is 8.47. The fraction of sp³-hybridized carbons (Fsp3) is 0.565. The number of nitrogens with two attached hydrogens (primary N) is 1. The summed E-state index contributed by atoms with van der Waals surface area (Å²) in [5, 5.41) is 17.2. The van der Waals surface area contributed by atoms with Crippen LogP contribution in [0.1, 0.15) is 46.1 Å². The van der Waals surface area contributed by atoms with Crippen LogP contribution in [-0.4, -0.2) is 53.5 Å². The number of rotatable bonds is 13. The van der Waals surface area contributed by atoms with Gasteiger partial charge in [0.25, 0.3) is 0 Å².